The first-order valence-electron chi connectivity index (χ1n) is 12.8. The van der Waals surface area contributed by atoms with Gasteiger partial charge in [-0.25, -0.2) is 14.1 Å². The molecule has 2 aliphatic heterocycles. The van der Waals surface area contributed by atoms with E-state index in [9.17, 15) is 17.6 Å². The summed E-state index contributed by atoms with van der Waals surface area (Å²) >= 11 is 0. The molecule has 2 aromatic rings. The second-order valence-corrected chi connectivity index (χ2v) is 9.32. The topological polar surface area (TPSA) is 89.4 Å². The van der Waals surface area contributed by atoms with Crippen LogP contribution in [0.3, 0.4) is 0 Å². The molecule has 206 valence electrons. The molecule has 9 nitrogen and oxygen atoms in total. The molecule has 0 radical (unpaired) electrons. The molecular formula is C24H35F4N7O2. The fraction of sp³-hybridized carbons (Fsp3) is 0.708. The van der Waals surface area contributed by atoms with Gasteiger partial charge in [0.15, 0.2) is 11.6 Å². The van der Waals surface area contributed by atoms with Gasteiger partial charge in [0.1, 0.15) is 23.2 Å². The van der Waals surface area contributed by atoms with Gasteiger partial charge in [0, 0.05) is 25.3 Å². The normalized spacial score (nSPS) is 24.4. The van der Waals surface area contributed by atoms with E-state index in [4.69, 9.17) is 9.47 Å². The van der Waals surface area contributed by atoms with Gasteiger partial charge in [0.25, 0.3) is 0 Å². The van der Waals surface area contributed by atoms with Crippen LogP contribution in [0.1, 0.15) is 56.8 Å². The molecule has 0 bridgehead atoms. The molecule has 0 aromatic carbocycles. The van der Waals surface area contributed by atoms with Gasteiger partial charge in [-0.15, -0.1) is 0 Å². The lowest BCUT2D eigenvalue weighted by atomic mass is 9.93. The number of anilines is 3. The Hall–Kier alpha value is -2.67. The van der Waals surface area contributed by atoms with Gasteiger partial charge in [0.05, 0.1) is 32.4 Å². The smallest absolute Gasteiger partial charge is 0.421 e. The summed E-state index contributed by atoms with van der Waals surface area (Å²) in [4.78, 5) is 10.1. The third-order valence-corrected chi connectivity index (χ3v) is 6.99. The number of alkyl halides is 4. The predicted octanol–water partition coefficient (Wildman–Crippen LogP) is 4.73. The van der Waals surface area contributed by atoms with E-state index in [0.717, 1.165) is 25.5 Å². The van der Waals surface area contributed by atoms with Crippen LogP contribution in [0.5, 0.6) is 5.75 Å². The number of aromatic nitrogens is 4. The van der Waals surface area contributed by atoms with Crippen molar-refractivity contribution in [3.63, 3.8) is 0 Å². The molecule has 2 unspecified atom stereocenters. The molecule has 0 amide bonds. The molecule has 3 atom stereocenters. The van der Waals surface area contributed by atoms with Crippen LogP contribution < -0.4 is 15.4 Å². The minimum Gasteiger partial charge on any atom is -0.491 e. The summed E-state index contributed by atoms with van der Waals surface area (Å²) in [6.07, 6.45) is -1.37. The second-order valence-electron chi connectivity index (χ2n) is 9.32. The zero-order valence-electron chi connectivity index (χ0n) is 21.6. The van der Waals surface area contributed by atoms with Crippen LogP contribution in [0.25, 0.3) is 0 Å². The number of likely N-dealkylation sites (tertiary alicyclic amines) is 1. The number of nitrogens with zero attached hydrogens (tertiary/aromatic N) is 5. The van der Waals surface area contributed by atoms with E-state index in [1.165, 1.54) is 7.11 Å². The molecule has 1 saturated carbocycles. The van der Waals surface area contributed by atoms with Crippen molar-refractivity contribution < 1.29 is 27.0 Å². The Labute approximate surface area is 213 Å². The molecule has 0 spiro atoms. The number of hydrogen-bond acceptors (Lipinski definition) is 8. The van der Waals surface area contributed by atoms with Crippen LogP contribution in [0.2, 0.25) is 0 Å². The summed E-state index contributed by atoms with van der Waals surface area (Å²) in [5.41, 5.74) is -0.287. The van der Waals surface area contributed by atoms with E-state index >= 15 is 0 Å². The highest BCUT2D eigenvalue weighted by Gasteiger charge is 2.39. The van der Waals surface area contributed by atoms with Crippen molar-refractivity contribution in [1.29, 1.82) is 0 Å². The van der Waals surface area contributed by atoms with Crippen molar-refractivity contribution in [2.24, 2.45) is 0 Å². The van der Waals surface area contributed by atoms with E-state index in [1.54, 1.807) is 4.68 Å². The highest BCUT2D eigenvalue weighted by molar-refractivity contribution is 5.62. The van der Waals surface area contributed by atoms with E-state index in [2.05, 4.69) is 25.7 Å². The van der Waals surface area contributed by atoms with Crippen LogP contribution in [0.15, 0.2) is 6.20 Å². The van der Waals surface area contributed by atoms with Crippen LogP contribution in [0.4, 0.5) is 35.1 Å². The maximum Gasteiger partial charge on any atom is 0.421 e. The molecule has 2 N–H and O–H groups in total. The lowest BCUT2D eigenvalue weighted by Crippen LogP contribution is -2.41. The summed E-state index contributed by atoms with van der Waals surface area (Å²) in [7, 11) is 1.52. The summed E-state index contributed by atoms with van der Waals surface area (Å²) < 4.78 is 67.8. The Morgan fingerprint density at radius 3 is 2.51 bits per heavy atom. The third kappa shape index (κ3) is 5.77. The first kappa shape index (κ1) is 27.4. The standard InChI is InChI=1S/C22H29F4N7O2.C2H6/c1-12-18(34-2)20(33(31-12)14-4-3-5-14)30-21-27-8-15(22(24,25)26)19(29-21)28-13-6-7-32(9-13)17-11-35-10-16(17)23;1-2/h8,13-14,16-17H,3-7,9-11H2,1-2H3,(H2,27,28,29,30);1-2H3/t13-,16?,17?;/m1./s1. The number of nitrogens with one attached hydrogen (secondary N) is 2. The minimum atomic E-state index is -4.63. The van der Waals surface area contributed by atoms with Crippen LogP contribution >= 0.6 is 0 Å². The molecule has 2 saturated heterocycles. The quantitative estimate of drug-likeness (QED) is 0.498. The largest absolute Gasteiger partial charge is 0.491 e. The van der Waals surface area contributed by atoms with Crippen LogP contribution in [-0.2, 0) is 10.9 Å². The lowest BCUT2D eigenvalue weighted by Gasteiger charge is -2.27. The van der Waals surface area contributed by atoms with Crippen molar-refractivity contribution in [2.75, 3.05) is 44.0 Å². The van der Waals surface area contributed by atoms with E-state index in [1.807, 2.05) is 25.7 Å². The lowest BCUT2D eigenvalue weighted by molar-refractivity contribution is -0.137. The van der Waals surface area contributed by atoms with Crippen molar-refractivity contribution in [3.05, 3.63) is 17.5 Å². The predicted molar refractivity (Wildman–Crippen MR) is 131 cm³/mol. The van der Waals surface area contributed by atoms with Gasteiger partial charge in [0.2, 0.25) is 5.95 Å². The summed E-state index contributed by atoms with van der Waals surface area (Å²) in [5, 5.41) is 10.5. The second kappa shape index (κ2) is 11.4. The number of rotatable bonds is 7. The Morgan fingerprint density at radius 2 is 1.92 bits per heavy atom. The number of ether oxygens (including phenoxy) is 2. The monoisotopic (exact) mass is 529 g/mol. The van der Waals surface area contributed by atoms with Gasteiger partial charge in [-0.05, 0) is 32.6 Å². The van der Waals surface area contributed by atoms with E-state index in [0.29, 0.717) is 43.4 Å². The maximum atomic E-state index is 14.1. The van der Waals surface area contributed by atoms with Crippen molar-refractivity contribution in [1.82, 2.24) is 24.6 Å². The Morgan fingerprint density at radius 1 is 1.16 bits per heavy atom. The number of hydrogen-bond donors (Lipinski definition) is 2. The first-order valence-corrected chi connectivity index (χ1v) is 12.8. The number of methoxy groups -OCH3 is 1. The molecule has 3 fully saturated rings. The van der Waals surface area contributed by atoms with Crippen molar-refractivity contribution in [3.8, 4) is 5.75 Å². The van der Waals surface area contributed by atoms with Crippen LogP contribution in [-0.4, -0.2) is 76.3 Å². The molecule has 1 aliphatic carbocycles. The zero-order chi connectivity index (χ0) is 26.7. The number of aryl methyl sites for hydroxylation is 1. The SMILES string of the molecule is CC.COc1c(C)nn(C2CCC2)c1Nc1ncc(C(F)(F)F)c(N[C@@H]2CCN(C3COCC3F)C2)n1. The summed E-state index contributed by atoms with van der Waals surface area (Å²) in [6, 6.07) is -0.492. The molecule has 5 rings (SSSR count). The molecule has 4 heterocycles. The fourth-order valence-electron chi connectivity index (χ4n) is 4.90. The van der Waals surface area contributed by atoms with E-state index in [-0.39, 0.29) is 36.5 Å². The minimum absolute atomic E-state index is 0.00198. The maximum absolute atomic E-state index is 14.1. The summed E-state index contributed by atoms with van der Waals surface area (Å²) in [5.74, 6) is 0.706. The molecule has 37 heavy (non-hydrogen) atoms. The van der Waals surface area contributed by atoms with Gasteiger partial charge in [-0.2, -0.15) is 23.3 Å². The van der Waals surface area contributed by atoms with Gasteiger partial charge in [-0.1, -0.05) is 13.8 Å². The molecule has 3 aliphatic rings. The zero-order valence-corrected chi connectivity index (χ0v) is 21.6. The Kier molecular flexibility index (Phi) is 8.42. The van der Waals surface area contributed by atoms with Gasteiger partial charge >= 0.3 is 6.18 Å². The summed E-state index contributed by atoms with van der Waals surface area (Å²) in [6.45, 7) is 7.13. The van der Waals surface area contributed by atoms with Crippen LogP contribution in [0, 0.1) is 6.92 Å². The first-order chi connectivity index (χ1) is 17.7. The van der Waals surface area contributed by atoms with Crippen molar-refractivity contribution in [2.45, 2.75) is 76.9 Å². The molecule has 13 heteroatoms. The molecule has 2 aromatic heterocycles. The van der Waals surface area contributed by atoms with Gasteiger partial charge in [-0.3, -0.25) is 4.90 Å². The third-order valence-electron chi connectivity index (χ3n) is 6.99. The van der Waals surface area contributed by atoms with Gasteiger partial charge < -0.3 is 20.1 Å². The fourth-order valence-corrected chi connectivity index (χ4v) is 4.90. The highest BCUT2D eigenvalue weighted by Crippen LogP contribution is 2.40. The Balaban J connectivity index is 0.00000156. The number of halogens is 4. The van der Waals surface area contributed by atoms with Crippen molar-refractivity contribution >= 4 is 17.6 Å². The van der Waals surface area contributed by atoms with E-state index < -0.39 is 17.9 Å². The Bertz CT molecular complexity index is 1060. The average Bonchev–Trinajstić information content (AvgIpc) is 3.53. The molecular weight excluding hydrogens is 494 g/mol. The highest BCUT2D eigenvalue weighted by atomic mass is 19.4. The average molecular weight is 530 g/mol.